The van der Waals surface area contributed by atoms with Crippen molar-refractivity contribution in [3.63, 3.8) is 0 Å². The molecule has 33 heavy (non-hydrogen) atoms. The molecule has 1 N–H and O–H groups in total. The maximum absolute atomic E-state index is 13.2. The molecule has 1 aliphatic heterocycles. The molecule has 2 aromatic heterocycles. The molecule has 0 aliphatic carbocycles. The van der Waals surface area contributed by atoms with Crippen LogP contribution in [0.3, 0.4) is 0 Å². The highest BCUT2D eigenvalue weighted by molar-refractivity contribution is 6.02. The van der Waals surface area contributed by atoms with Crippen LogP contribution in [0, 0.1) is 0 Å². The van der Waals surface area contributed by atoms with Gasteiger partial charge in [-0.15, -0.1) is 0 Å². The van der Waals surface area contributed by atoms with E-state index in [0.29, 0.717) is 24.4 Å². The van der Waals surface area contributed by atoms with Crippen LogP contribution in [-0.4, -0.2) is 52.2 Å². The summed E-state index contributed by atoms with van der Waals surface area (Å²) in [5, 5.41) is 7.71. The number of methoxy groups -OCH3 is 1. The number of hydrogen-bond donors (Lipinski definition) is 1. The van der Waals surface area contributed by atoms with Gasteiger partial charge < -0.3 is 10.1 Å². The Hall–Kier alpha value is -3.55. The molecular formula is C26H27N5O2. The molecule has 0 saturated heterocycles. The molecule has 7 heteroatoms. The fourth-order valence-corrected chi connectivity index (χ4v) is 4.43. The zero-order valence-corrected chi connectivity index (χ0v) is 18.7. The minimum Gasteiger partial charge on any atom is -0.383 e. The van der Waals surface area contributed by atoms with Crippen molar-refractivity contribution in [2.75, 3.05) is 26.8 Å². The minimum atomic E-state index is -0.123. The van der Waals surface area contributed by atoms with E-state index in [2.05, 4.69) is 34.5 Å². The summed E-state index contributed by atoms with van der Waals surface area (Å²) in [4.78, 5) is 20.5. The molecule has 0 saturated carbocycles. The van der Waals surface area contributed by atoms with Crippen LogP contribution in [0.5, 0.6) is 0 Å². The first kappa shape index (κ1) is 21.3. The minimum absolute atomic E-state index is 0.123. The van der Waals surface area contributed by atoms with Crippen molar-refractivity contribution in [2.24, 2.45) is 0 Å². The van der Waals surface area contributed by atoms with Gasteiger partial charge in [-0.1, -0.05) is 60.7 Å². The van der Waals surface area contributed by atoms with Gasteiger partial charge in [-0.3, -0.25) is 9.69 Å². The lowest BCUT2D eigenvalue weighted by atomic mass is 10.0. The Bertz CT molecular complexity index is 1250. The largest absolute Gasteiger partial charge is 0.383 e. The van der Waals surface area contributed by atoms with Crippen molar-refractivity contribution in [1.82, 2.24) is 24.8 Å². The number of fused-ring (bicyclic) bond motifs is 3. The van der Waals surface area contributed by atoms with Gasteiger partial charge in [-0.05, 0) is 17.5 Å². The Kier molecular flexibility index (Phi) is 6.15. The van der Waals surface area contributed by atoms with Crippen LogP contribution in [-0.2, 0) is 24.2 Å². The number of hydrogen-bond acceptors (Lipinski definition) is 5. The molecule has 0 fully saturated rings. The number of ether oxygens (including phenoxy) is 1. The molecule has 2 aromatic carbocycles. The third-order valence-electron chi connectivity index (χ3n) is 6.04. The number of carbonyl (C=O) groups is 1. The Balaban J connectivity index is 1.54. The van der Waals surface area contributed by atoms with Crippen LogP contribution in [0.25, 0.3) is 16.9 Å². The number of benzene rings is 2. The molecule has 0 spiro atoms. The zero-order valence-electron chi connectivity index (χ0n) is 18.7. The van der Waals surface area contributed by atoms with Gasteiger partial charge in [-0.2, -0.15) is 5.10 Å². The summed E-state index contributed by atoms with van der Waals surface area (Å²) in [5.74, 6) is -0.123. The lowest BCUT2D eigenvalue weighted by molar-refractivity contribution is 0.0937. The van der Waals surface area contributed by atoms with E-state index < -0.39 is 0 Å². The molecule has 5 rings (SSSR count). The molecule has 1 amide bonds. The van der Waals surface area contributed by atoms with Crippen LogP contribution in [0.4, 0.5) is 0 Å². The Labute approximate surface area is 193 Å². The predicted octanol–water partition coefficient (Wildman–Crippen LogP) is 3.33. The third-order valence-corrected chi connectivity index (χ3v) is 6.04. The second-order valence-electron chi connectivity index (χ2n) is 8.24. The van der Waals surface area contributed by atoms with Crippen molar-refractivity contribution in [2.45, 2.75) is 19.5 Å². The van der Waals surface area contributed by atoms with Crippen molar-refractivity contribution in [3.8, 4) is 11.3 Å². The van der Waals surface area contributed by atoms with E-state index in [9.17, 15) is 4.79 Å². The maximum atomic E-state index is 13.2. The Morgan fingerprint density at radius 3 is 2.61 bits per heavy atom. The first-order valence-electron chi connectivity index (χ1n) is 11.2. The standard InChI is InChI=1S/C26H27N5O2/c1-33-15-13-27-26(32)24-21-12-14-30(17-19-8-4-2-5-9-19)18-23(21)31-25(24)29-22(16-28-31)20-10-6-3-7-11-20/h2-11,16H,12-15,17-18H2,1H3,(H,27,32). The molecule has 0 unspecified atom stereocenters. The van der Waals surface area contributed by atoms with Gasteiger partial charge in [0.2, 0.25) is 0 Å². The number of aromatic nitrogens is 3. The smallest absolute Gasteiger partial charge is 0.255 e. The molecule has 3 heterocycles. The number of amides is 1. The molecule has 0 atom stereocenters. The monoisotopic (exact) mass is 441 g/mol. The lowest BCUT2D eigenvalue weighted by Crippen LogP contribution is -2.32. The number of rotatable bonds is 7. The Morgan fingerprint density at radius 1 is 1.09 bits per heavy atom. The molecule has 1 aliphatic rings. The second kappa shape index (κ2) is 9.52. The van der Waals surface area contributed by atoms with Gasteiger partial charge in [0.15, 0.2) is 5.65 Å². The average molecular weight is 442 g/mol. The molecular weight excluding hydrogens is 414 g/mol. The van der Waals surface area contributed by atoms with E-state index in [4.69, 9.17) is 14.8 Å². The van der Waals surface area contributed by atoms with Crippen molar-refractivity contribution < 1.29 is 9.53 Å². The highest BCUT2D eigenvalue weighted by Crippen LogP contribution is 2.29. The normalized spacial score (nSPS) is 13.7. The molecule has 4 aromatic rings. The summed E-state index contributed by atoms with van der Waals surface area (Å²) in [6.07, 6.45) is 2.56. The van der Waals surface area contributed by atoms with E-state index in [0.717, 1.165) is 48.6 Å². The number of nitrogens with one attached hydrogen (secondary N) is 1. The van der Waals surface area contributed by atoms with E-state index in [1.54, 1.807) is 13.3 Å². The van der Waals surface area contributed by atoms with Gasteiger partial charge in [0.05, 0.1) is 29.8 Å². The fourth-order valence-electron chi connectivity index (χ4n) is 4.43. The average Bonchev–Trinajstić information content (AvgIpc) is 3.18. The summed E-state index contributed by atoms with van der Waals surface area (Å²) in [7, 11) is 1.63. The summed E-state index contributed by atoms with van der Waals surface area (Å²) in [6.45, 7) is 3.37. The van der Waals surface area contributed by atoms with E-state index in [1.807, 2.05) is 40.9 Å². The highest BCUT2D eigenvalue weighted by Gasteiger charge is 2.29. The van der Waals surface area contributed by atoms with Crippen LogP contribution in [0.15, 0.2) is 66.9 Å². The van der Waals surface area contributed by atoms with Crippen LogP contribution >= 0.6 is 0 Å². The van der Waals surface area contributed by atoms with Gasteiger partial charge in [0.25, 0.3) is 5.91 Å². The summed E-state index contributed by atoms with van der Waals surface area (Å²) >= 11 is 0. The molecule has 168 valence electrons. The molecule has 0 bridgehead atoms. The second-order valence-corrected chi connectivity index (χ2v) is 8.24. The number of carbonyl (C=O) groups excluding carboxylic acids is 1. The summed E-state index contributed by atoms with van der Waals surface area (Å²) in [5.41, 5.74) is 6.32. The molecule has 0 radical (unpaired) electrons. The van der Waals surface area contributed by atoms with Crippen molar-refractivity contribution in [3.05, 3.63) is 89.2 Å². The van der Waals surface area contributed by atoms with Crippen LogP contribution in [0.2, 0.25) is 0 Å². The third kappa shape index (κ3) is 4.37. The van der Waals surface area contributed by atoms with E-state index in [1.165, 1.54) is 5.56 Å². The van der Waals surface area contributed by atoms with Gasteiger partial charge in [-0.25, -0.2) is 9.50 Å². The van der Waals surface area contributed by atoms with Gasteiger partial charge in [0, 0.05) is 38.9 Å². The zero-order chi connectivity index (χ0) is 22.6. The van der Waals surface area contributed by atoms with Gasteiger partial charge >= 0.3 is 0 Å². The van der Waals surface area contributed by atoms with Crippen molar-refractivity contribution >= 4 is 11.6 Å². The van der Waals surface area contributed by atoms with E-state index >= 15 is 0 Å². The van der Waals surface area contributed by atoms with Gasteiger partial charge in [0.1, 0.15) is 0 Å². The molecule has 7 nitrogen and oxygen atoms in total. The first-order valence-corrected chi connectivity index (χ1v) is 11.2. The quantitative estimate of drug-likeness (QED) is 0.446. The van der Waals surface area contributed by atoms with Crippen molar-refractivity contribution in [1.29, 1.82) is 0 Å². The lowest BCUT2D eigenvalue weighted by Gasteiger charge is -2.27. The fraction of sp³-hybridized carbons (Fsp3) is 0.269. The predicted molar refractivity (Wildman–Crippen MR) is 127 cm³/mol. The SMILES string of the molecule is COCCNC(=O)c1c2c(n3ncc(-c4ccccc4)nc13)CN(Cc1ccccc1)CC2. The highest BCUT2D eigenvalue weighted by atomic mass is 16.5. The summed E-state index contributed by atoms with van der Waals surface area (Å²) in [6, 6.07) is 20.4. The number of nitrogens with zero attached hydrogens (tertiary/aromatic N) is 4. The van der Waals surface area contributed by atoms with Crippen LogP contribution < -0.4 is 5.32 Å². The van der Waals surface area contributed by atoms with Crippen LogP contribution in [0.1, 0.15) is 27.2 Å². The summed E-state index contributed by atoms with van der Waals surface area (Å²) < 4.78 is 6.95. The van der Waals surface area contributed by atoms with E-state index in [-0.39, 0.29) is 5.91 Å². The first-order chi connectivity index (χ1) is 16.2. The topological polar surface area (TPSA) is 71.8 Å². The Morgan fingerprint density at radius 2 is 1.85 bits per heavy atom. The maximum Gasteiger partial charge on any atom is 0.255 e.